The molecule has 0 aliphatic carbocycles. The fourth-order valence-electron chi connectivity index (χ4n) is 1.86. The van der Waals surface area contributed by atoms with Crippen molar-refractivity contribution in [2.75, 3.05) is 5.32 Å². The van der Waals surface area contributed by atoms with Crippen molar-refractivity contribution in [3.63, 3.8) is 0 Å². The molecule has 16 heavy (non-hydrogen) atoms. The van der Waals surface area contributed by atoms with Gasteiger partial charge in [-0.1, -0.05) is 24.8 Å². The number of aryl methyl sites for hydroxylation is 1. The van der Waals surface area contributed by atoms with Gasteiger partial charge in [0.1, 0.15) is 0 Å². The molecule has 0 saturated carbocycles. The number of carbonyl (C=O) groups excluding carboxylic acids is 1. The predicted octanol–water partition coefficient (Wildman–Crippen LogP) is 2.20. The van der Waals surface area contributed by atoms with Crippen LogP contribution in [0.5, 0.6) is 0 Å². The van der Waals surface area contributed by atoms with Gasteiger partial charge in [-0.2, -0.15) is 0 Å². The molecule has 0 aromatic heterocycles. The monoisotopic (exact) mass is 216 g/mol. The Bertz CT molecular complexity index is 426. The molecule has 1 unspecified atom stereocenters. The maximum Gasteiger partial charge on any atom is 0.224 e. The lowest BCUT2D eigenvalue weighted by molar-refractivity contribution is -0.121. The number of hydrogen-bond donors (Lipinski definition) is 2. The first-order valence-corrected chi connectivity index (χ1v) is 5.47. The minimum absolute atomic E-state index is 0.0628. The molecule has 1 aromatic carbocycles. The lowest BCUT2D eigenvalue weighted by Gasteiger charge is -2.27. The van der Waals surface area contributed by atoms with E-state index in [1.165, 1.54) is 5.56 Å². The summed E-state index contributed by atoms with van der Waals surface area (Å²) in [6.07, 6.45) is 1.36. The molecule has 1 atom stereocenters. The van der Waals surface area contributed by atoms with Gasteiger partial charge in [0.15, 0.2) is 0 Å². The average Bonchev–Trinajstić information content (AvgIpc) is 2.25. The first kappa shape index (κ1) is 10.7. The highest BCUT2D eigenvalue weighted by molar-refractivity contribution is 5.79. The van der Waals surface area contributed by atoms with Gasteiger partial charge in [0.2, 0.25) is 5.91 Å². The average molecular weight is 216 g/mol. The highest BCUT2D eigenvalue weighted by atomic mass is 16.1. The van der Waals surface area contributed by atoms with Crippen molar-refractivity contribution >= 4 is 11.6 Å². The van der Waals surface area contributed by atoms with Crippen LogP contribution in [-0.2, 0) is 4.79 Å². The molecule has 3 heteroatoms. The van der Waals surface area contributed by atoms with Gasteiger partial charge in [-0.25, -0.2) is 0 Å². The summed E-state index contributed by atoms with van der Waals surface area (Å²) in [6, 6.07) is 8.25. The third-order valence-corrected chi connectivity index (χ3v) is 2.86. The maximum atomic E-state index is 11.1. The van der Waals surface area contributed by atoms with Crippen molar-refractivity contribution in [2.24, 2.45) is 0 Å². The molecule has 0 bridgehead atoms. The van der Waals surface area contributed by atoms with Crippen molar-refractivity contribution in [2.45, 2.75) is 25.8 Å². The van der Waals surface area contributed by atoms with Crippen LogP contribution >= 0.6 is 0 Å². The molecular weight excluding hydrogens is 200 g/mol. The van der Waals surface area contributed by atoms with Gasteiger partial charge >= 0.3 is 0 Å². The van der Waals surface area contributed by atoms with E-state index >= 15 is 0 Å². The number of amides is 1. The molecule has 84 valence electrons. The van der Waals surface area contributed by atoms with Crippen LogP contribution in [0.2, 0.25) is 0 Å². The maximum absolute atomic E-state index is 11.1. The molecule has 0 spiro atoms. The Kier molecular flexibility index (Phi) is 2.95. The summed E-state index contributed by atoms with van der Waals surface area (Å²) < 4.78 is 0. The molecule has 1 saturated heterocycles. The normalized spacial score (nSPS) is 20.4. The molecule has 2 N–H and O–H groups in total. The van der Waals surface area contributed by atoms with E-state index < -0.39 is 0 Å². The number of nitrogens with one attached hydrogen (secondary N) is 2. The standard InChI is InChI=1S/C13H16N2O/c1-9-5-3-4-6-11(9)15-12-7-8-13(16)14-10(12)2/h3-6,12,15H,2,7-8H2,1H3,(H,14,16). The second kappa shape index (κ2) is 4.39. The third kappa shape index (κ3) is 2.24. The van der Waals surface area contributed by atoms with E-state index in [9.17, 15) is 4.79 Å². The van der Waals surface area contributed by atoms with Crippen LogP contribution in [0.4, 0.5) is 5.69 Å². The van der Waals surface area contributed by atoms with Gasteiger partial charge in [-0.05, 0) is 25.0 Å². The van der Waals surface area contributed by atoms with E-state index in [2.05, 4.69) is 30.2 Å². The minimum Gasteiger partial charge on any atom is -0.377 e. The molecule has 1 aromatic rings. The number of benzene rings is 1. The van der Waals surface area contributed by atoms with Crippen LogP contribution in [0, 0.1) is 6.92 Å². The molecule has 1 aliphatic rings. The fraction of sp³-hybridized carbons (Fsp3) is 0.308. The molecular formula is C13H16N2O. The summed E-state index contributed by atoms with van der Waals surface area (Å²) in [6.45, 7) is 5.94. The number of para-hydroxylation sites is 1. The molecule has 3 nitrogen and oxygen atoms in total. The van der Waals surface area contributed by atoms with Crippen molar-refractivity contribution in [1.29, 1.82) is 0 Å². The topological polar surface area (TPSA) is 41.1 Å². The zero-order valence-electron chi connectivity index (χ0n) is 9.42. The van der Waals surface area contributed by atoms with E-state index in [0.717, 1.165) is 17.8 Å². The largest absolute Gasteiger partial charge is 0.377 e. The minimum atomic E-state index is 0.0628. The van der Waals surface area contributed by atoms with Crippen molar-refractivity contribution in [3.05, 3.63) is 42.1 Å². The fourth-order valence-corrected chi connectivity index (χ4v) is 1.86. The van der Waals surface area contributed by atoms with Crippen molar-refractivity contribution in [3.8, 4) is 0 Å². The summed E-state index contributed by atoms with van der Waals surface area (Å²) in [5.74, 6) is 0.0628. The summed E-state index contributed by atoms with van der Waals surface area (Å²) in [5.41, 5.74) is 3.07. The molecule has 1 heterocycles. The Morgan fingerprint density at radius 2 is 2.19 bits per heavy atom. The van der Waals surface area contributed by atoms with E-state index in [4.69, 9.17) is 0 Å². The van der Waals surface area contributed by atoms with Crippen LogP contribution in [0.1, 0.15) is 18.4 Å². The predicted molar refractivity (Wildman–Crippen MR) is 65.1 cm³/mol. The number of piperidine rings is 1. The van der Waals surface area contributed by atoms with Gasteiger partial charge in [0.05, 0.1) is 6.04 Å². The molecule has 1 fully saturated rings. The Morgan fingerprint density at radius 3 is 2.88 bits per heavy atom. The summed E-state index contributed by atoms with van der Waals surface area (Å²) in [7, 11) is 0. The number of rotatable bonds is 2. The zero-order valence-corrected chi connectivity index (χ0v) is 9.42. The van der Waals surface area contributed by atoms with E-state index in [1.54, 1.807) is 0 Å². The van der Waals surface area contributed by atoms with Crippen LogP contribution in [0.3, 0.4) is 0 Å². The summed E-state index contributed by atoms with van der Waals surface area (Å²) in [5, 5.41) is 6.18. The SMILES string of the molecule is C=C1NC(=O)CCC1Nc1ccccc1C. The van der Waals surface area contributed by atoms with Crippen molar-refractivity contribution < 1.29 is 4.79 Å². The quantitative estimate of drug-likeness (QED) is 0.795. The van der Waals surface area contributed by atoms with Crippen LogP contribution in [0.25, 0.3) is 0 Å². The lowest BCUT2D eigenvalue weighted by atomic mass is 10.0. The van der Waals surface area contributed by atoms with Gasteiger partial charge in [0.25, 0.3) is 0 Å². The number of anilines is 1. The zero-order chi connectivity index (χ0) is 11.5. The lowest BCUT2D eigenvalue weighted by Crippen LogP contribution is -2.39. The van der Waals surface area contributed by atoms with Gasteiger partial charge in [-0.3, -0.25) is 4.79 Å². The van der Waals surface area contributed by atoms with Crippen LogP contribution in [-0.4, -0.2) is 11.9 Å². The van der Waals surface area contributed by atoms with E-state index in [1.807, 2.05) is 18.2 Å². The summed E-state index contributed by atoms with van der Waals surface area (Å²) >= 11 is 0. The number of hydrogen-bond acceptors (Lipinski definition) is 2. The third-order valence-electron chi connectivity index (χ3n) is 2.86. The Morgan fingerprint density at radius 1 is 1.44 bits per heavy atom. The molecule has 1 amide bonds. The molecule has 0 radical (unpaired) electrons. The van der Waals surface area contributed by atoms with Crippen LogP contribution < -0.4 is 10.6 Å². The highest BCUT2D eigenvalue weighted by Gasteiger charge is 2.21. The van der Waals surface area contributed by atoms with Crippen molar-refractivity contribution in [1.82, 2.24) is 5.32 Å². The first-order chi connectivity index (χ1) is 7.66. The Hall–Kier alpha value is -1.77. The molecule has 2 rings (SSSR count). The summed E-state index contributed by atoms with van der Waals surface area (Å²) in [4.78, 5) is 11.1. The van der Waals surface area contributed by atoms with Gasteiger partial charge in [0, 0.05) is 17.8 Å². The highest BCUT2D eigenvalue weighted by Crippen LogP contribution is 2.20. The van der Waals surface area contributed by atoms with Crippen LogP contribution in [0.15, 0.2) is 36.5 Å². The Labute approximate surface area is 95.6 Å². The number of carbonyl (C=O) groups is 1. The van der Waals surface area contributed by atoms with E-state index in [-0.39, 0.29) is 11.9 Å². The smallest absolute Gasteiger partial charge is 0.224 e. The molecule has 1 aliphatic heterocycles. The first-order valence-electron chi connectivity index (χ1n) is 5.47. The van der Waals surface area contributed by atoms with E-state index in [0.29, 0.717) is 6.42 Å². The second-order valence-electron chi connectivity index (χ2n) is 4.12. The van der Waals surface area contributed by atoms with Gasteiger partial charge < -0.3 is 10.6 Å². The second-order valence-corrected chi connectivity index (χ2v) is 4.12. The van der Waals surface area contributed by atoms with Gasteiger partial charge in [-0.15, -0.1) is 0 Å². The Balaban J connectivity index is 2.08.